The minimum Gasteiger partial charge on any atom is -0.544 e. The second-order valence-corrected chi connectivity index (χ2v) is 19.1. The number of ether oxygens (including phenoxy) is 3. The van der Waals surface area contributed by atoms with Gasteiger partial charge in [0.25, 0.3) is 0 Å². The third-order valence-corrected chi connectivity index (χ3v) is 11.9. The normalized spacial score (nSPS) is 13.2. The zero-order valence-electron chi connectivity index (χ0n) is 42.4. The SMILES string of the molecule is CCCCC/C=C\C/C=C\CCCCCCCCCCCC(=O)OCC(COCCC(C(=O)[O-])[N+](C)(C)C)OC(=O)CCCCCCCCCCC/C=C\C/C=C\CCCCCCC. The van der Waals surface area contributed by atoms with Crippen LogP contribution in [0.1, 0.15) is 239 Å². The van der Waals surface area contributed by atoms with Gasteiger partial charge in [0, 0.05) is 19.3 Å². The molecule has 0 fully saturated rings. The molecule has 0 saturated carbocycles. The molecule has 2 atom stereocenters. The summed E-state index contributed by atoms with van der Waals surface area (Å²) in [5.74, 6) is -1.74. The highest BCUT2D eigenvalue weighted by Gasteiger charge is 2.25. The molecule has 0 spiro atoms. The number of carboxylic acids is 1. The van der Waals surface area contributed by atoms with Gasteiger partial charge in [0.2, 0.25) is 0 Å². The van der Waals surface area contributed by atoms with Gasteiger partial charge in [-0.15, -0.1) is 0 Å². The van der Waals surface area contributed by atoms with Crippen molar-refractivity contribution in [2.24, 2.45) is 0 Å². The summed E-state index contributed by atoms with van der Waals surface area (Å²) >= 11 is 0. The van der Waals surface area contributed by atoms with Crippen molar-refractivity contribution in [1.82, 2.24) is 0 Å². The Morgan fingerprint density at radius 2 is 0.828 bits per heavy atom. The molecule has 0 aromatic rings. The van der Waals surface area contributed by atoms with Gasteiger partial charge < -0.3 is 28.6 Å². The molecule has 0 amide bonds. The van der Waals surface area contributed by atoms with Crippen molar-refractivity contribution in [1.29, 1.82) is 0 Å². The molecule has 372 valence electrons. The minimum atomic E-state index is -1.13. The van der Waals surface area contributed by atoms with E-state index in [1.54, 1.807) is 21.1 Å². The Bertz CT molecular complexity index is 1190. The molecule has 64 heavy (non-hydrogen) atoms. The molecule has 8 heteroatoms. The second-order valence-electron chi connectivity index (χ2n) is 19.1. The van der Waals surface area contributed by atoms with E-state index >= 15 is 0 Å². The van der Waals surface area contributed by atoms with Crippen molar-refractivity contribution in [2.75, 3.05) is 41.0 Å². The van der Waals surface area contributed by atoms with E-state index < -0.39 is 18.1 Å². The molecule has 0 aliphatic rings. The maximum Gasteiger partial charge on any atom is 0.306 e. The smallest absolute Gasteiger partial charge is 0.306 e. The fraction of sp³-hybridized carbons (Fsp3) is 0.804. The van der Waals surface area contributed by atoms with Crippen LogP contribution in [0.15, 0.2) is 48.6 Å². The highest BCUT2D eigenvalue weighted by atomic mass is 16.6. The number of nitrogens with zero attached hydrogens (tertiary/aromatic N) is 1. The lowest BCUT2D eigenvalue weighted by Crippen LogP contribution is -2.55. The van der Waals surface area contributed by atoms with Gasteiger partial charge in [0.1, 0.15) is 12.6 Å². The third-order valence-electron chi connectivity index (χ3n) is 11.9. The standard InChI is InChI=1S/C56H101NO7/c1-6-8-10-12-14-16-18-20-22-24-26-27-29-31-33-35-37-39-41-43-45-47-55(59)64-52(50-62-49-48-53(56(60)61)57(3,4)5)51-63-54(58)46-44-42-40-38-36-34-32-30-28-25-23-21-19-17-15-13-11-9-7-2/h15,17-18,20-21,23-24,26,52-53H,6-14,16,19,22,25,27-51H2,1-5H3/b17-15-,20-18-,23-21-,26-24-. The lowest BCUT2D eigenvalue weighted by molar-refractivity contribution is -0.889. The molecule has 2 unspecified atom stereocenters. The van der Waals surface area contributed by atoms with Crippen molar-refractivity contribution in [3.05, 3.63) is 48.6 Å². The topological polar surface area (TPSA) is 102 Å². The number of carboxylic acid groups (broad SMARTS) is 1. The largest absolute Gasteiger partial charge is 0.544 e. The van der Waals surface area contributed by atoms with Gasteiger partial charge >= 0.3 is 11.9 Å². The Labute approximate surface area is 395 Å². The van der Waals surface area contributed by atoms with Crippen molar-refractivity contribution in [3.63, 3.8) is 0 Å². The van der Waals surface area contributed by atoms with Crippen LogP contribution in [0, 0.1) is 0 Å². The number of carbonyl (C=O) groups excluding carboxylic acids is 3. The van der Waals surface area contributed by atoms with Gasteiger partial charge in [-0.3, -0.25) is 9.59 Å². The average Bonchev–Trinajstić information content (AvgIpc) is 3.26. The molecule has 0 heterocycles. The van der Waals surface area contributed by atoms with E-state index in [1.165, 1.54) is 154 Å². The van der Waals surface area contributed by atoms with Crippen molar-refractivity contribution < 1.29 is 38.2 Å². The number of quaternary nitrogens is 1. The van der Waals surface area contributed by atoms with Crippen LogP contribution in [0.25, 0.3) is 0 Å². The Morgan fingerprint density at radius 1 is 0.469 bits per heavy atom. The van der Waals surface area contributed by atoms with Gasteiger partial charge in [0.15, 0.2) is 6.10 Å². The lowest BCUT2D eigenvalue weighted by Gasteiger charge is -2.34. The van der Waals surface area contributed by atoms with E-state index in [4.69, 9.17) is 14.2 Å². The number of unbranched alkanes of at least 4 members (excludes halogenated alkanes) is 26. The molecule has 0 aliphatic carbocycles. The zero-order valence-corrected chi connectivity index (χ0v) is 42.4. The zero-order chi connectivity index (χ0) is 47.0. The molecule has 0 bridgehead atoms. The van der Waals surface area contributed by atoms with E-state index in [2.05, 4.69) is 62.5 Å². The van der Waals surface area contributed by atoms with Crippen LogP contribution in [0.4, 0.5) is 0 Å². The number of aliphatic carboxylic acids is 1. The quantitative estimate of drug-likeness (QED) is 0.0259. The predicted octanol–water partition coefficient (Wildman–Crippen LogP) is 14.2. The molecular formula is C56H101NO7. The van der Waals surface area contributed by atoms with Crippen LogP contribution in [-0.2, 0) is 28.6 Å². The van der Waals surface area contributed by atoms with Crippen LogP contribution in [-0.4, -0.2) is 75.5 Å². The van der Waals surface area contributed by atoms with E-state index in [-0.39, 0.29) is 42.7 Å². The Morgan fingerprint density at radius 3 is 1.23 bits per heavy atom. The minimum absolute atomic E-state index is 0.0381. The monoisotopic (exact) mass is 900 g/mol. The second kappa shape index (κ2) is 46.8. The number of rotatable bonds is 48. The van der Waals surface area contributed by atoms with Gasteiger partial charge in [-0.2, -0.15) is 0 Å². The molecular weight excluding hydrogens is 799 g/mol. The maximum atomic E-state index is 12.8. The van der Waals surface area contributed by atoms with Crippen LogP contribution < -0.4 is 5.11 Å². The first-order chi connectivity index (χ1) is 31.1. The van der Waals surface area contributed by atoms with E-state index in [9.17, 15) is 19.5 Å². The van der Waals surface area contributed by atoms with Crippen LogP contribution >= 0.6 is 0 Å². The van der Waals surface area contributed by atoms with Gasteiger partial charge in [-0.1, -0.05) is 191 Å². The molecule has 0 aromatic heterocycles. The number of hydrogen-bond acceptors (Lipinski definition) is 7. The fourth-order valence-corrected chi connectivity index (χ4v) is 7.78. The van der Waals surface area contributed by atoms with Crippen LogP contribution in [0.3, 0.4) is 0 Å². The van der Waals surface area contributed by atoms with Gasteiger partial charge in [-0.25, -0.2) is 0 Å². The number of esters is 2. The van der Waals surface area contributed by atoms with Crippen molar-refractivity contribution in [2.45, 2.75) is 251 Å². The van der Waals surface area contributed by atoms with E-state index in [0.717, 1.165) is 51.4 Å². The average molecular weight is 900 g/mol. The van der Waals surface area contributed by atoms with E-state index in [1.807, 2.05) is 0 Å². The predicted molar refractivity (Wildman–Crippen MR) is 268 cm³/mol. The molecule has 8 nitrogen and oxygen atoms in total. The summed E-state index contributed by atoms with van der Waals surface area (Å²) in [7, 11) is 5.42. The van der Waals surface area contributed by atoms with Crippen LogP contribution in [0.2, 0.25) is 0 Å². The Kier molecular flexibility index (Phi) is 44.8. The molecule has 0 aliphatic heterocycles. The summed E-state index contributed by atoms with van der Waals surface area (Å²) in [6.07, 6.45) is 57.1. The van der Waals surface area contributed by atoms with E-state index in [0.29, 0.717) is 12.8 Å². The highest BCUT2D eigenvalue weighted by molar-refractivity contribution is 5.70. The van der Waals surface area contributed by atoms with Gasteiger partial charge in [-0.05, 0) is 77.0 Å². The first kappa shape index (κ1) is 61.3. The summed E-state index contributed by atoms with van der Waals surface area (Å²) < 4.78 is 17.3. The summed E-state index contributed by atoms with van der Waals surface area (Å²) in [5.41, 5.74) is 0. The number of allylic oxidation sites excluding steroid dienone is 8. The number of carbonyl (C=O) groups is 3. The van der Waals surface area contributed by atoms with Crippen molar-refractivity contribution >= 4 is 17.9 Å². The molecule has 0 radical (unpaired) electrons. The molecule has 0 N–H and O–H groups in total. The summed E-state index contributed by atoms with van der Waals surface area (Å²) in [4.78, 5) is 37.1. The summed E-state index contributed by atoms with van der Waals surface area (Å²) in [6.45, 7) is 4.64. The summed E-state index contributed by atoms with van der Waals surface area (Å²) in [5, 5.41) is 11.7. The lowest BCUT2D eigenvalue weighted by atomic mass is 10.1. The molecule has 0 rings (SSSR count). The molecule has 0 saturated heterocycles. The fourth-order valence-electron chi connectivity index (χ4n) is 7.78. The van der Waals surface area contributed by atoms with Crippen LogP contribution in [0.5, 0.6) is 0 Å². The highest BCUT2D eigenvalue weighted by Crippen LogP contribution is 2.15. The first-order valence-corrected chi connectivity index (χ1v) is 26.7. The number of hydrogen-bond donors (Lipinski definition) is 0. The maximum absolute atomic E-state index is 12.8. The Hall–Kier alpha value is -2.71. The third kappa shape index (κ3) is 44.5. The molecule has 0 aromatic carbocycles. The Balaban J connectivity index is 4.23. The van der Waals surface area contributed by atoms with Crippen molar-refractivity contribution in [3.8, 4) is 0 Å². The summed E-state index contributed by atoms with van der Waals surface area (Å²) in [6, 6.07) is -0.728. The van der Waals surface area contributed by atoms with Gasteiger partial charge in [0.05, 0.1) is 40.3 Å². The first-order valence-electron chi connectivity index (χ1n) is 26.7. The number of likely N-dealkylation sites (N-methyl/N-ethyl adjacent to an activating group) is 1.